The van der Waals surface area contributed by atoms with Gasteiger partial charge in [-0.15, -0.1) is 24.0 Å². The van der Waals surface area contributed by atoms with Gasteiger partial charge in [0.15, 0.2) is 5.96 Å². The predicted octanol–water partition coefficient (Wildman–Crippen LogP) is 1.44. The summed E-state index contributed by atoms with van der Waals surface area (Å²) in [6, 6.07) is 3.78. The summed E-state index contributed by atoms with van der Waals surface area (Å²) in [6.45, 7) is 3.67. The van der Waals surface area contributed by atoms with E-state index in [-0.39, 0.29) is 35.8 Å². The predicted molar refractivity (Wildman–Crippen MR) is 107 cm³/mol. The Morgan fingerprint density at radius 1 is 1.46 bits per heavy atom. The van der Waals surface area contributed by atoms with Crippen LogP contribution in [-0.4, -0.2) is 59.2 Å². The first-order chi connectivity index (χ1) is 10.9. The van der Waals surface area contributed by atoms with Crippen molar-refractivity contribution >= 4 is 39.8 Å². The number of guanidine groups is 1. The highest BCUT2D eigenvalue weighted by atomic mass is 127. The Morgan fingerprint density at radius 2 is 2.21 bits per heavy atom. The molecule has 24 heavy (non-hydrogen) atoms. The Hall–Kier alpha value is -0.810. The van der Waals surface area contributed by atoms with Crippen LogP contribution >= 0.6 is 24.0 Å². The van der Waals surface area contributed by atoms with Gasteiger partial charge in [-0.1, -0.05) is 0 Å². The van der Waals surface area contributed by atoms with Crippen LogP contribution in [0.3, 0.4) is 0 Å². The second-order valence-electron chi connectivity index (χ2n) is 5.44. The van der Waals surface area contributed by atoms with Crippen LogP contribution in [0.25, 0.3) is 0 Å². The van der Waals surface area contributed by atoms with E-state index >= 15 is 0 Å². The molecule has 1 unspecified atom stereocenters. The largest absolute Gasteiger partial charge is 0.469 e. The van der Waals surface area contributed by atoms with Gasteiger partial charge in [-0.05, 0) is 25.5 Å². The fourth-order valence-electron chi connectivity index (χ4n) is 1.86. The number of aliphatic imine (C=N–C) groups is 1. The standard InChI is InChI=1S/C15H27N3O4S.HI/c1-13(7-12-23(3,19)20)18-15(17-9-11-21-2)16-8-6-14-5-4-10-22-14;/h4-5,10,13H,6-9,11-12H2,1-3H3,(H2,16,17,18);1H. The van der Waals surface area contributed by atoms with E-state index in [2.05, 4.69) is 15.6 Å². The third kappa shape index (κ3) is 11.7. The minimum absolute atomic E-state index is 0. The number of ether oxygens (including phenoxy) is 1. The van der Waals surface area contributed by atoms with E-state index in [1.54, 1.807) is 13.4 Å². The van der Waals surface area contributed by atoms with Crippen LogP contribution in [0.1, 0.15) is 19.1 Å². The van der Waals surface area contributed by atoms with Crippen LogP contribution < -0.4 is 10.6 Å². The zero-order valence-corrected chi connectivity index (χ0v) is 17.6. The lowest BCUT2D eigenvalue weighted by atomic mass is 10.2. The van der Waals surface area contributed by atoms with Crippen LogP contribution in [0, 0.1) is 0 Å². The van der Waals surface area contributed by atoms with Gasteiger partial charge in [-0.2, -0.15) is 0 Å². The zero-order valence-electron chi connectivity index (χ0n) is 14.4. The molecular weight excluding hydrogens is 445 g/mol. The van der Waals surface area contributed by atoms with Gasteiger partial charge in [-0.3, -0.25) is 4.99 Å². The van der Waals surface area contributed by atoms with Crippen molar-refractivity contribution in [1.82, 2.24) is 10.6 Å². The first kappa shape index (κ1) is 23.2. The van der Waals surface area contributed by atoms with Gasteiger partial charge >= 0.3 is 0 Å². The SMILES string of the molecule is COCCN=C(NCCc1ccco1)NC(C)CCS(C)(=O)=O.I. The zero-order chi connectivity index (χ0) is 17.1. The fourth-order valence-corrected chi connectivity index (χ4v) is 2.64. The van der Waals surface area contributed by atoms with E-state index < -0.39 is 9.84 Å². The number of nitrogens with zero attached hydrogens (tertiary/aromatic N) is 1. The number of rotatable bonds is 10. The van der Waals surface area contributed by atoms with Crippen molar-refractivity contribution in [1.29, 1.82) is 0 Å². The molecule has 0 amide bonds. The second kappa shape index (κ2) is 12.5. The third-order valence-electron chi connectivity index (χ3n) is 3.11. The maximum absolute atomic E-state index is 11.2. The van der Waals surface area contributed by atoms with Crippen molar-refractivity contribution in [2.75, 3.05) is 38.8 Å². The van der Waals surface area contributed by atoms with Crippen LogP contribution in [0.5, 0.6) is 0 Å². The number of halogens is 1. The first-order valence-electron chi connectivity index (χ1n) is 7.64. The van der Waals surface area contributed by atoms with Crippen LogP contribution in [-0.2, 0) is 21.0 Å². The van der Waals surface area contributed by atoms with Crippen molar-refractivity contribution in [2.45, 2.75) is 25.8 Å². The van der Waals surface area contributed by atoms with Crippen LogP contribution in [0.15, 0.2) is 27.8 Å². The quantitative estimate of drug-likeness (QED) is 0.231. The van der Waals surface area contributed by atoms with Gasteiger partial charge in [0.2, 0.25) is 0 Å². The molecule has 2 N–H and O–H groups in total. The monoisotopic (exact) mass is 473 g/mol. The molecule has 0 aromatic carbocycles. The molecule has 140 valence electrons. The van der Waals surface area contributed by atoms with Gasteiger partial charge in [0.05, 0.1) is 25.2 Å². The average molecular weight is 473 g/mol. The smallest absolute Gasteiger partial charge is 0.191 e. The second-order valence-corrected chi connectivity index (χ2v) is 7.70. The molecule has 0 spiro atoms. The molecule has 0 aliphatic rings. The van der Waals surface area contributed by atoms with Crippen molar-refractivity contribution in [3.8, 4) is 0 Å². The Morgan fingerprint density at radius 3 is 2.79 bits per heavy atom. The summed E-state index contributed by atoms with van der Waals surface area (Å²) in [5.41, 5.74) is 0. The Labute approximate surface area is 161 Å². The van der Waals surface area contributed by atoms with E-state index in [1.807, 2.05) is 19.1 Å². The molecule has 0 fully saturated rings. The van der Waals surface area contributed by atoms with E-state index in [4.69, 9.17) is 9.15 Å². The third-order valence-corrected chi connectivity index (χ3v) is 4.09. The normalized spacial score (nSPS) is 13.2. The van der Waals surface area contributed by atoms with Gasteiger partial charge in [-0.25, -0.2) is 8.42 Å². The Kier molecular flexibility index (Phi) is 12.1. The van der Waals surface area contributed by atoms with E-state index in [1.165, 1.54) is 6.26 Å². The molecule has 0 aliphatic heterocycles. The summed E-state index contributed by atoms with van der Waals surface area (Å²) in [7, 11) is -1.33. The number of furan rings is 1. The molecule has 9 heteroatoms. The van der Waals surface area contributed by atoms with Gasteiger partial charge in [0.1, 0.15) is 15.6 Å². The molecule has 1 atom stereocenters. The summed E-state index contributed by atoms with van der Waals surface area (Å²) >= 11 is 0. The summed E-state index contributed by atoms with van der Waals surface area (Å²) in [6.07, 6.45) is 4.17. The summed E-state index contributed by atoms with van der Waals surface area (Å²) < 4.78 is 32.8. The maximum atomic E-state index is 11.2. The highest BCUT2D eigenvalue weighted by Crippen LogP contribution is 2.00. The summed E-state index contributed by atoms with van der Waals surface area (Å²) in [5, 5.41) is 6.44. The highest BCUT2D eigenvalue weighted by molar-refractivity contribution is 14.0. The molecule has 1 aromatic heterocycles. The minimum Gasteiger partial charge on any atom is -0.469 e. The molecule has 0 saturated carbocycles. The van der Waals surface area contributed by atoms with E-state index in [0.29, 0.717) is 32.1 Å². The van der Waals surface area contributed by atoms with Gasteiger partial charge in [0.25, 0.3) is 0 Å². The number of hydrogen-bond donors (Lipinski definition) is 2. The van der Waals surface area contributed by atoms with Crippen LogP contribution in [0.2, 0.25) is 0 Å². The average Bonchev–Trinajstić information content (AvgIpc) is 2.98. The summed E-state index contributed by atoms with van der Waals surface area (Å²) in [5.74, 6) is 1.70. The number of methoxy groups -OCH3 is 1. The Balaban J connectivity index is 0.00000529. The molecule has 1 aromatic rings. The van der Waals surface area contributed by atoms with E-state index in [0.717, 1.165) is 12.2 Å². The van der Waals surface area contributed by atoms with E-state index in [9.17, 15) is 8.42 Å². The molecule has 0 aliphatic carbocycles. The maximum Gasteiger partial charge on any atom is 0.191 e. The van der Waals surface area contributed by atoms with Crippen molar-refractivity contribution in [2.24, 2.45) is 4.99 Å². The lowest BCUT2D eigenvalue weighted by Crippen LogP contribution is -2.43. The minimum atomic E-state index is -2.96. The molecular formula is C15H28IN3O4S. The topological polar surface area (TPSA) is 92.9 Å². The molecule has 1 rings (SSSR count). The molecule has 0 radical (unpaired) electrons. The van der Waals surface area contributed by atoms with Crippen molar-refractivity contribution in [3.63, 3.8) is 0 Å². The van der Waals surface area contributed by atoms with Crippen molar-refractivity contribution in [3.05, 3.63) is 24.2 Å². The number of nitrogens with one attached hydrogen (secondary N) is 2. The Bertz CT molecular complexity index is 561. The molecule has 0 bridgehead atoms. The highest BCUT2D eigenvalue weighted by Gasteiger charge is 2.09. The first-order valence-corrected chi connectivity index (χ1v) is 9.70. The van der Waals surface area contributed by atoms with Crippen molar-refractivity contribution < 1.29 is 17.6 Å². The molecule has 1 heterocycles. The lowest BCUT2D eigenvalue weighted by Gasteiger charge is -2.18. The lowest BCUT2D eigenvalue weighted by molar-refractivity contribution is 0.208. The fraction of sp³-hybridized carbons (Fsp3) is 0.667. The molecule has 0 saturated heterocycles. The van der Waals surface area contributed by atoms with Crippen LogP contribution in [0.4, 0.5) is 0 Å². The number of sulfone groups is 1. The van der Waals surface area contributed by atoms with Gasteiger partial charge in [0, 0.05) is 32.4 Å². The van der Waals surface area contributed by atoms with Gasteiger partial charge < -0.3 is 19.8 Å². The number of hydrogen-bond acceptors (Lipinski definition) is 5. The summed E-state index contributed by atoms with van der Waals surface area (Å²) in [4.78, 5) is 4.41. The molecule has 7 nitrogen and oxygen atoms in total.